The summed E-state index contributed by atoms with van der Waals surface area (Å²) >= 11 is 0. The minimum atomic E-state index is -0.907. The summed E-state index contributed by atoms with van der Waals surface area (Å²) in [6.07, 6.45) is 0. The van der Waals surface area contributed by atoms with Crippen molar-refractivity contribution < 1.29 is 18.9 Å². The normalized spacial score (nSPS) is 11.6. The van der Waals surface area contributed by atoms with E-state index in [1.54, 1.807) is 36.5 Å². The van der Waals surface area contributed by atoms with Crippen LogP contribution < -0.4 is 10.6 Å². The van der Waals surface area contributed by atoms with Crippen molar-refractivity contribution in [2.75, 3.05) is 11.9 Å². The van der Waals surface area contributed by atoms with Gasteiger partial charge in [-0.3, -0.25) is 4.79 Å². The number of carbonyl (C=O) groups is 1. The number of nitrogens with one attached hydrogen (secondary N) is 1. The van der Waals surface area contributed by atoms with E-state index in [9.17, 15) is 13.6 Å². The monoisotopic (exact) mass is 316 g/mol. The molecule has 0 aromatic heterocycles. The first-order chi connectivity index (χ1) is 11.0. The first-order valence-corrected chi connectivity index (χ1v) is 7.08. The molecule has 118 valence electrons. The van der Waals surface area contributed by atoms with Gasteiger partial charge in [-0.05, 0) is 37.3 Å². The quantitative estimate of drug-likeness (QED) is 0.887. The number of rotatable bonds is 5. The molecule has 0 radical (unpaired) electrons. The Labute approximate surface area is 132 Å². The van der Waals surface area contributed by atoms with Gasteiger partial charge in [-0.15, -0.1) is 0 Å². The number of para-hydroxylation sites is 1. The number of nitrogens with zero attached hydrogens (tertiary/aromatic N) is 1. The molecule has 0 bridgehead atoms. The molecule has 4 nitrogen and oxygen atoms in total. The molecule has 2 aromatic carbocycles. The maximum absolute atomic E-state index is 13.2. The van der Waals surface area contributed by atoms with Gasteiger partial charge in [0.25, 0.3) is 5.91 Å². The standard InChI is InChI=1S/C17H15F2N3O/c1-11(12-6-7-14(18)15(19)8-12)21-10-17(23)22-16-5-3-2-4-13(16)9-20/h2-8,11,21H,10H2,1H3,(H,22,23)/p+1/t11-/m1/s1. The Bertz CT molecular complexity index is 756. The molecule has 0 saturated heterocycles. The Morgan fingerprint density at radius 1 is 1.26 bits per heavy atom. The maximum atomic E-state index is 13.2. The van der Waals surface area contributed by atoms with Crippen LogP contribution in [0.1, 0.15) is 24.1 Å². The van der Waals surface area contributed by atoms with Crippen LogP contribution in [0.4, 0.5) is 14.5 Å². The minimum Gasteiger partial charge on any atom is -0.333 e. The number of carbonyl (C=O) groups excluding carboxylic acids is 1. The zero-order valence-electron chi connectivity index (χ0n) is 12.5. The van der Waals surface area contributed by atoms with Gasteiger partial charge in [-0.1, -0.05) is 12.1 Å². The van der Waals surface area contributed by atoms with Crippen molar-refractivity contribution in [2.45, 2.75) is 13.0 Å². The van der Waals surface area contributed by atoms with Gasteiger partial charge in [-0.2, -0.15) is 5.26 Å². The van der Waals surface area contributed by atoms with Crippen molar-refractivity contribution >= 4 is 11.6 Å². The number of nitriles is 1. The molecule has 2 rings (SSSR count). The van der Waals surface area contributed by atoms with Gasteiger partial charge in [0.15, 0.2) is 18.2 Å². The lowest BCUT2D eigenvalue weighted by atomic mass is 10.1. The molecule has 0 heterocycles. The van der Waals surface area contributed by atoms with Crippen LogP contribution in [0.5, 0.6) is 0 Å². The predicted molar refractivity (Wildman–Crippen MR) is 81.4 cm³/mol. The Morgan fingerprint density at radius 3 is 2.70 bits per heavy atom. The smallest absolute Gasteiger partial charge is 0.279 e. The molecule has 0 aliphatic rings. The third-order valence-corrected chi connectivity index (χ3v) is 3.45. The molecule has 6 heteroatoms. The fourth-order valence-electron chi connectivity index (χ4n) is 2.11. The Balaban J connectivity index is 1.93. The van der Waals surface area contributed by atoms with Gasteiger partial charge in [0, 0.05) is 5.56 Å². The van der Waals surface area contributed by atoms with Gasteiger partial charge >= 0.3 is 0 Å². The molecule has 1 atom stereocenters. The highest BCUT2D eigenvalue weighted by Crippen LogP contribution is 2.14. The van der Waals surface area contributed by atoms with E-state index >= 15 is 0 Å². The highest BCUT2D eigenvalue weighted by molar-refractivity contribution is 5.92. The van der Waals surface area contributed by atoms with E-state index in [0.717, 1.165) is 12.1 Å². The van der Waals surface area contributed by atoms with Crippen molar-refractivity contribution in [2.24, 2.45) is 0 Å². The average Bonchev–Trinajstić information content (AvgIpc) is 2.55. The zero-order chi connectivity index (χ0) is 16.8. The average molecular weight is 316 g/mol. The number of quaternary nitrogens is 1. The molecule has 0 aliphatic heterocycles. The molecule has 0 spiro atoms. The van der Waals surface area contributed by atoms with Crippen LogP contribution in [-0.2, 0) is 4.79 Å². The van der Waals surface area contributed by atoms with E-state index in [2.05, 4.69) is 5.32 Å². The summed E-state index contributed by atoms with van der Waals surface area (Å²) in [6, 6.07) is 12.2. The van der Waals surface area contributed by atoms with E-state index in [0.29, 0.717) is 16.8 Å². The number of hydrogen-bond donors (Lipinski definition) is 2. The Morgan fingerprint density at radius 2 is 2.00 bits per heavy atom. The fourth-order valence-corrected chi connectivity index (χ4v) is 2.11. The highest BCUT2D eigenvalue weighted by atomic mass is 19.2. The topological polar surface area (TPSA) is 69.5 Å². The van der Waals surface area contributed by atoms with Crippen molar-refractivity contribution in [3.05, 3.63) is 65.2 Å². The summed E-state index contributed by atoms with van der Waals surface area (Å²) in [5.41, 5.74) is 1.43. The number of anilines is 1. The minimum absolute atomic E-state index is 0.0971. The van der Waals surface area contributed by atoms with Crippen LogP contribution in [0.2, 0.25) is 0 Å². The van der Waals surface area contributed by atoms with E-state index < -0.39 is 11.6 Å². The maximum Gasteiger partial charge on any atom is 0.279 e. The van der Waals surface area contributed by atoms with Crippen LogP contribution in [0, 0.1) is 23.0 Å². The lowest BCUT2D eigenvalue weighted by Gasteiger charge is -2.12. The van der Waals surface area contributed by atoms with E-state index in [1.165, 1.54) is 6.07 Å². The van der Waals surface area contributed by atoms with Crippen LogP contribution in [-0.4, -0.2) is 12.5 Å². The van der Waals surface area contributed by atoms with Crippen LogP contribution >= 0.6 is 0 Å². The third-order valence-electron chi connectivity index (χ3n) is 3.45. The molecule has 1 amide bonds. The summed E-state index contributed by atoms with van der Waals surface area (Å²) in [5, 5.41) is 13.3. The van der Waals surface area contributed by atoms with Crippen molar-refractivity contribution in [3.63, 3.8) is 0 Å². The Kier molecular flexibility index (Phi) is 5.39. The highest BCUT2D eigenvalue weighted by Gasteiger charge is 2.14. The summed E-state index contributed by atoms with van der Waals surface area (Å²) in [4.78, 5) is 12.0. The predicted octanol–water partition coefficient (Wildman–Crippen LogP) is 2.10. The summed E-state index contributed by atoms with van der Waals surface area (Å²) in [7, 11) is 0. The number of hydrogen-bond acceptors (Lipinski definition) is 2. The van der Waals surface area contributed by atoms with Crippen molar-refractivity contribution in [3.8, 4) is 6.07 Å². The molecular formula is C17H16F2N3O+. The second-order valence-corrected chi connectivity index (χ2v) is 5.11. The number of amides is 1. The fraction of sp³-hybridized carbons (Fsp3) is 0.176. The second-order valence-electron chi connectivity index (χ2n) is 5.11. The molecule has 2 aromatic rings. The molecule has 3 N–H and O–H groups in total. The largest absolute Gasteiger partial charge is 0.333 e. The number of nitrogens with two attached hydrogens (primary N) is 1. The molecular weight excluding hydrogens is 300 g/mol. The molecule has 23 heavy (non-hydrogen) atoms. The number of benzene rings is 2. The third kappa shape index (κ3) is 4.34. The lowest BCUT2D eigenvalue weighted by Crippen LogP contribution is -2.86. The summed E-state index contributed by atoms with van der Waals surface area (Å²) in [5.74, 6) is -2.08. The first kappa shape index (κ1) is 16.6. The Hall–Kier alpha value is -2.78. The van der Waals surface area contributed by atoms with Gasteiger partial charge in [0.05, 0.1) is 11.3 Å². The van der Waals surface area contributed by atoms with Gasteiger partial charge in [-0.25, -0.2) is 8.78 Å². The lowest BCUT2D eigenvalue weighted by molar-refractivity contribution is -0.682. The van der Waals surface area contributed by atoms with Crippen molar-refractivity contribution in [1.29, 1.82) is 5.26 Å². The summed E-state index contributed by atoms with van der Waals surface area (Å²) < 4.78 is 26.1. The molecule has 0 aliphatic carbocycles. The van der Waals surface area contributed by atoms with E-state index in [1.807, 2.05) is 6.07 Å². The first-order valence-electron chi connectivity index (χ1n) is 7.08. The van der Waals surface area contributed by atoms with Crippen LogP contribution in [0.3, 0.4) is 0 Å². The van der Waals surface area contributed by atoms with Gasteiger partial charge in [0.2, 0.25) is 0 Å². The van der Waals surface area contributed by atoms with Gasteiger partial charge < -0.3 is 10.6 Å². The zero-order valence-corrected chi connectivity index (χ0v) is 12.5. The summed E-state index contributed by atoms with van der Waals surface area (Å²) in [6.45, 7) is 1.89. The molecule has 0 fully saturated rings. The second kappa shape index (κ2) is 7.47. The van der Waals surface area contributed by atoms with Gasteiger partial charge in [0.1, 0.15) is 12.1 Å². The molecule has 0 unspecified atom stereocenters. The van der Waals surface area contributed by atoms with E-state index in [4.69, 9.17) is 5.26 Å². The van der Waals surface area contributed by atoms with Crippen molar-refractivity contribution in [1.82, 2.24) is 0 Å². The van der Waals surface area contributed by atoms with Crippen LogP contribution in [0.25, 0.3) is 0 Å². The number of halogens is 2. The van der Waals surface area contributed by atoms with Crippen LogP contribution in [0.15, 0.2) is 42.5 Å². The molecule has 0 saturated carbocycles. The SMILES string of the molecule is C[C@@H]([NH2+]CC(=O)Nc1ccccc1C#N)c1ccc(F)c(F)c1. The van der Waals surface area contributed by atoms with E-state index in [-0.39, 0.29) is 18.5 Å².